The first-order chi connectivity index (χ1) is 9.61. The molecule has 0 aromatic heterocycles. The van der Waals surface area contributed by atoms with Gasteiger partial charge in [-0.25, -0.2) is 4.39 Å². The molecule has 20 heavy (non-hydrogen) atoms. The molecule has 0 heterocycles. The van der Waals surface area contributed by atoms with Gasteiger partial charge in [0.15, 0.2) is 5.83 Å². The summed E-state index contributed by atoms with van der Waals surface area (Å²) in [5.74, 6) is 0.455. The summed E-state index contributed by atoms with van der Waals surface area (Å²) < 4.78 is 26.0. The standard InChI is InChI=1S/C17H21ClF2/c1-2-3-12-4-6-13(7-5-12)14-8-10-15(11-9-14)16(19)17(18)20/h8-13H,2-7H2,1H3/b17-16+. The first-order valence-electron chi connectivity index (χ1n) is 7.43. The minimum Gasteiger partial charge on any atom is -0.202 e. The van der Waals surface area contributed by atoms with Gasteiger partial charge in [-0.3, -0.25) is 0 Å². The Morgan fingerprint density at radius 3 is 2.20 bits per heavy atom. The Morgan fingerprint density at radius 1 is 1.10 bits per heavy atom. The Bertz CT molecular complexity index is 452. The van der Waals surface area contributed by atoms with Gasteiger partial charge >= 0.3 is 0 Å². The fraction of sp³-hybridized carbons (Fsp3) is 0.529. The van der Waals surface area contributed by atoms with E-state index in [2.05, 4.69) is 6.92 Å². The molecule has 0 bridgehead atoms. The third-order valence-corrected chi connectivity index (χ3v) is 4.51. The Hall–Kier alpha value is -0.890. The zero-order chi connectivity index (χ0) is 14.5. The van der Waals surface area contributed by atoms with E-state index in [4.69, 9.17) is 11.6 Å². The normalized spacial score (nSPS) is 24.4. The molecule has 1 aliphatic carbocycles. The Labute approximate surface area is 124 Å². The van der Waals surface area contributed by atoms with Crippen LogP contribution in [0.3, 0.4) is 0 Å². The van der Waals surface area contributed by atoms with Gasteiger partial charge < -0.3 is 0 Å². The van der Waals surface area contributed by atoms with Crippen LogP contribution in [0, 0.1) is 5.92 Å². The van der Waals surface area contributed by atoms with Crippen LogP contribution in [0.15, 0.2) is 29.6 Å². The van der Waals surface area contributed by atoms with Crippen LogP contribution in [-0.4, -0.2) is 0 Å². The van der Waals surface area contributed by atoms with Crippen molar-refractivity contribution in [2.24, 2.45) is 5.92 Å². The van der Waals surface area contributed by atoms with E-state index in [9.17, 15) is 8.78 Å². The first kappa shape index (κ1) is 15.5. The molecule has 110 valence electrons. The van der Waals surface area contributed by atoms with Crippen molar-refractivity contribution in [3.8, 4) is 0 Å². The van der Waals surface area contributed by atoms with Crippen molar-refractivity contribution < 1.29 is 8.78 Å². The van der Waals surface area contributed by atoms with Crippen molar-refractivity contribution in [2.45, 2.75) is 51.4 Å². The lowest BCUT2D eigenvalue weighted by atomic mass is 9.77. The summed E-state index contributed by atoms with van der Waals surface area (Å²) in [5, 5.41) is -1.28. The molecule has 0 saturated heterocycles. The predicted molar refractivity (Wildman–Crippen MR) is 81.0 cm³/mol. The Kier molecular flexibility index (Phi) is 5.59. The molecule has 1 fully saturated rings. The fourth-order valence-electron chi connectivity index (χ4n) is 3.20. The molecule has 0 aliphatic heterocycles. The first-order valence-corrected chi connectivity index (χ1v) is 7.80. The average Bonchev–Trinajstić information content (AvgIpc) is 2.48. The average molecular weight is 299 g/mol. The molecule has 1 aromatic carbocycles. The summed E-state index contributed by atoms with van der Waals surface area (Å²) >= 11 is 5.03. The largest absolute Gasteiger partial charge is 0.225 e. The maximum atomic E-state index is 13.3. The van der Waals surface area contributed by atoms with Gasteiger partial charge in [0.25, 0.3) is 0 Å². The van der Waals surface area contributed by atoms with Gasteiger partial charge in [-0.05, 0) is 54.7 Å². The van der Waals surface area contributed by atoms with Crippen LogP contribution in [0.5, 0.6) is 0 Å². The van der Waals surface area contributed by atoms with Crippen LogP contribution in [0.25, 0.3) is 5.83 Å². The summed E-state index contributed by atoms with van der Waals surface area (Å²) in [6, 6.07) is 7.04. The number of hydrogen-bond acceptors (Lipinski definition) is 0. The van der Waals surface area contributed by atoms with Gasteiger partial charge in [0.1, 0.15) is 0 Å². The molecule has 0 radical (unpaired) electrons. The topological polar surface area (TPSA) is 0 Å². The van der Waals surface area contributed by atoms with Crippen molar-refractivity contribution >= 4 is 17.4 Å². The second-order valence-corrected chi connectivity index (χ2v) is 6.03. The van der Waals surface area contributed by atoms with Gasteiger partial charge in [-0.1, -0.05) is 44.0 Å². The molecule has 0 unspecified atom stereocenters. The lowest BCUT2D eigenvalue weighted by Crippen LogP contribution is -2.13. The van der Waals surface area contributed by atoms with Crippen LogP contribution in [-0.2, 0) is 0 Å². The van der Waals surface area contributed by atoms with E-state index in [1.807, 2.05) is 12.1 Å². The van der Waals surface area contributed by atoms with Gasteiger partial charge in [0.2, 0.25) is 5.29 Å². The number of benzene rings is 1. The summed E-state index contributed by atoms with van der Waals surface area (Å²) in [7, 11) is 0. The lowest BCUT2D eigenvalue weighted by molar-refractivity contribution is 0.308. The molecule has 2 rings (SSSR count). The highest BCUT2D eigenvalue weighted by atomic mass is 35.5. The molecule has 0 nitrogen and oxygen atoms in total. The number of halogens is 3. The molecular weight excluding hydrogens is 278 g/mol. The Morgan fingerprint density at radius 2 is 1.70 bits per heavy atom. The molecule has 3 heteroatoms. The fourth-order valence-corrected chi connectivity index (χ4v) is 3.31. The van der Waals surface area contributed by atoms with E-state index in [0.29, 0.717) is 5.92 Å². The highest BCUT2D eigenvalue weighted by molar-refractivity contribution is 6.30. The van der Waals surface area contributed by atoms with Crippen molar-refractivity contribution in [1.82, 2.24) is 0 Å². The highest BCUT2D eigenvalue weighted by Crippen LogP contribution is 2.38. The molecule has 0 N–H and O–H groups in total. The van der Waals surface area contributed by atoms with Crippen molar-refractivity contribution in [2.75, 3.05) is 0 Å². The summed E-state index contributed by atoms with van der Waals surface area (Å²) in [4.78, 5) is 0. The maximum Gasteiger partial charge on any atom is 0.225 e. The zero-order valence-electron chi connectivity index (χ0n) is 11.8. The quantitative estimate of drug-likeness (QED) is 0.590. The molecule has 1 aliphatic rings. The molecule has 1 saturated carbocycles. The summed E-state index contributed by atoms with van der Waals surface area (Å²) in [6.45, 7) is 2.24. The van der Waals surface area contributed by atoms with E-state index in [1.165, 1.54) is 44.1 Å². The van der Waals surface area contributed by atoms with Crippen LogP contribution < -0.4 is 0 Å². The van der Waals surface area contributed by atoms with Crippen molar-refractivity contribution in [3.05, 3.63) is 40.7 Å². The van der Waals surface area contributed by atoms with Gasteiger partial charge in [-0.2, -0.15) is 4.39 Å². The SMILES string of the molecule is CCCC1CCC(c2ccc(/C(F)=C(\F)Cl)cc2)CC1. The summed E-state index contributed by atoms with van der Waals surface area (Å²) in [6.07, 6.45) is 7.56. The summed E-state index contributed by atoms with van der Waals surface area (Å²) in [5.41, 5.74) is 1.44. The minimum atomic E-state index is -1.28. The highest BCUT2D eigenvalue weighted by Gasteiger charge is 2.21. The smallest absolute Gasteiger partial charge is 0.202 e. The van der Waals surface area contributed by atoms with Crippen molar-refractivity contribution in [3.63, 3.8) is 0 Å². The minimum absolute atomic E-state index is 0.209. The van der Waals surface area contributed by atoms with Gasteiger partial charge in [0.05, 0.1) is 0 Å². The number of rotatable bonds is 4. The van der Waals surface area contributed by atoms with Crippen LogP contribution in [0.2, 0.25) is 0 Å². The van der Waals surface area contributed by atoms with E-state index in [0.717, 1.165) is 5.92 Å². The van der Waals surface area contributed by atoms with Crippen molar-refractivity contribution in [1.29, 1.82) is 0 Å². The zero-order valence-corrected chi connectivity index (χ0v) is 12.6. The van der Waals surface area contributed by atoms with E-state index >= 15 is 0 Å². The molecule has 0 atom stereocenters. The maximum absolute atomic E-state index is 13.3. The van der Waals surface area contributed by atoms with Gasteiger partial charge in [-0.15, -0.1) is 0 Å². The molecular formula is C17H21ClF2. The number of hydrogen-bond donors (Lipinski definition) is 0. The Balaban J connectivity index is 2.00. The third kappa shape index (κ3) is 3.82. The van der Waals surface area contributed by atoms with Gasteiger partial charge in [0, 0.05) is 5.56 Å². The monoisotopic (exact) mass is 298 g/mol. The van der Waals surface area contributed by atoms with E-state index in [1.54, 1.807) is 12.1 Å². The third-order valence-electron chi connectivity index (χ3n) is 4.35. The molecule has 0 spiro atoms. The lowest BCUT2D eigenvalue weighted by Gasteiger charge is -2.28. The van der Waals surface area contributed by atoms with Crippen LogP contribution >= 0.6 is 11.6 Å². The molecule has 1 aromatic rings. The van der Waals surface area contributed by atoms with Crippen LogP contribution in [0.1, 0.15) is 62.5 Å². The van der Waals surface area contributed by atoms with Crippen LogP contribution in [0.4, 0.5) is 8.78 Å². The predicted octanol–water partition coefficient (Wildman–Crippen LogP) is 6.56. The molecule has 0 amide bonds. The second-order valence-electron chi connectivity index (χ2n) is 5.70. The van der Waals surface area contributed by atoms with E-state index < -0.39 is 11.1 Å². The second kappa shape index (κ2) is 7.21. The van der Waals surface area contributed by atoms with E-state index in [-0.39, 0.29) is 5.56 Å².